The van der Waals surface area contributed by atoms with Gasteiger partial charge >= 0.3 is 6.03 Å². The highest BCUT2D eigenvalue weighted by Crippen LogP contribution is 2.25. The van der Waals surface area contributed by atoms with Crippen LogP contribution in [-0.2, 0) is 6.54 Å². The highest BCUT2D eigenvalue weighted by molar-refractivity contribution is 5.92. The van der Waals surface area contributed by atoms with Gasteiger partial charge < -0.3 is 15.5 Å². The minimum atomic E-state index is -0.196. The number of piperidine rings is 1. The van der Waals surface area contributed by atoms with Gasteiger partial charge in [0.1, 0.15) is 0 Å². The van der Waals surface area contributed by atoms with Crippen molar-refractivity contribution in [1.82, 2.24) is 20.1 Å². The molecule has 1 unspecified atom stereocenters. The van der Waals surface area contributed by atoms with Crippen molar-refractivity contribution >= 4 is 17.5 Å². The molecule has 7 nitrogen and oxygen atoms in total. The second-order valence-electron chi connectivity index (χ2n) is 6.59. The number of nitrogens with zero attached hydrogens (tertiary/aromatic N) is 4. The average Bonchev–Trinajstić information content (AvgIpc) is 3.14. The van der Waals surface area contributed by atoms with Crippen LogP contribution in [0.15, 0.2) is 36.8 Å². The van der Waals surface area contributed by atoms with Crippen molar-refractivity contribution in [3.05, 3.63) is 36.8 Å². The van der Waals surface area contributed by atoms with Gasteiger partial charge in [-0.15, -0.1) is 0 Å². The molecule has 1 saturated heterocycles. The zero-order valence-corrected chi connectivity index (χ0v) is 14.7. The van der Waals surface area contributed by atoms with Crippen LogP contribution >= 0.6 is 0 Å². The predicted octanol–water partition coefficient (Wildman–Crippen LogP) is 2.73. The molecule has 0 bridgehead atoms. The van der Waals surface area contributed by atoms with Crippen molar-refractivity contribution in [2.45, 2.75) is 32.7 Å². The van der Waals surface area contributed by atoms with Crippen molar-refractivity contribution in [3.8, 4) is 0 Å². The summed E-state index contributed by atoms with van der Waals surface area (Å²) in [5.74, 6) is 1.16. The van der Waals surface area contributed by atoms with Crippen molar-refractivity contribution in [3.63, 3.8) is 0 Å². The number of urea groups is 1. The molecule has 134 valence electrons. The molecule has 2 N–H and O–H groups in total. The Morgan fingerprint density at radius 1 is 1.24 bits per heavy atom. The number of rotatable bonds is 6. The number of hydrogen-bond donors (Lipinski definition) is 2. The zero-order chi connectivity index (χ0) is 17.5. The minimum absolute atomic E-state index is 0.196. The lowest BCUT2D eigenvalue weighted by molar-refractivity contribution is 0.249. The summed E-state index contributed by atoms with van der Waals surface area (Å²) in [6.45, 7) is 5.44. The molecule has 2 aromatic rings. The Kier molecular flexibility index (Phi) is 5.87. The van der Waals surface area contributed by atoms with Crippen molar-refractivity contribution in [2.75, 3.05) is 29.9 Å². The molecule has 7 heteroatoms. The Morgan fingerprint density at radius 3 is 2.84 bits per heavy atom. The molecular weight excluding hydrogens is 316 g/mol. The van der Waals surface area contributed by atoms with Gasteiger partial charge in [0.25, 0.3) is 0 Å². The summed E-state index contributed by atoms with van der Waals surface area (Å²) < 4.78 is 1.87. The smallest absolute Gasteiger partial charge is 0.319 e. The monoisotopic (exact) mass is 342 g/mol. The maximum absolute atomic E-state index is 12.3. The number of pyridine rings is 1. The van der Waals surface area contributed by atoms with Gasteiger partial charge in [-0.1, -0.05) is 6.92 Å². The average molecular weight is 342 g/mol. The third kappa shape index (κ3) is 4.95. The summed E-state index contributed by atoms with van der Waals surface area (Å²) in [4.78, 5) is 19.0. The van der Waals surface area contributed by atoms with E-state index >= 15 is 0 Å². The van der Waals surface area contributed by atoms with Gasteiger partial charge in [0, 0.05) is 44.8 Å². The lowest BCUT2D eigenvalue weighted by Gasteiger charge is -2.29. The van der Waals surface area contributed by atoms with Gasteiger partial charge in [-0.2, -0.15) is 5.10 Å². The summed E-state index contributed by atoms with van der Waals surface area (Å²) in [7, 11) is 0. The summed E-state index contributed by atoms with van der Waals surface area (Å²) in [6.07, 6.45) is 9.08. The Labute approximate surface area is 148 Å². The second kappa shape index (κ2) is 8.50. The molecule has 25 heavy (non-hydrogen) atoms. The minimum Gasteiger partial charge on any atom is -0.355 e. The molecule has 2 amide bonds. The van der Waals surface area contributed by atoms with Crippen LogP contribution in [0.25, 0.3) is 0 Å². The highest BCUT2D eigenvalue weighted by Gasteiger charge is 2.17. The van der Waals surface area contributed by atoms with Gasteiger partial charge in [-0.25, -0.2) is 9.78 Å². The van der Waals surface area contributed by atoms with Crippen LogP contribution in [0.1, 0.15) is 26.2 Å². The first-order chi connectivity index (χ1) is 12.2. The van der Waals surface area contributed by atoms with E-state index in [0.29, 0.717) is 12.5 Å². The molecule has 1 aliphatic rings. The van der Waals surface area contributed by atoms with E-state index in [1.165, 1.54) is 19.3 Å². The van der Waals surface area contributed by atoms with Crippen LogP contribution in [0.3, 0.4) is 0 Å². The first kappa shape index (κ1) is 17.3. The van der Waals surface area contributed by atoms with E-state index in [1.807, 2.05) is 29.1 Å². The number of anilines is 2. The fraction of sp³-hybridized carbons (Fsp3) is 0.500. The Hall–Kier alpha value is -2.57. The molecule has 2 aromatic heterocycles. The molecule has 0 radical (unpaired) electrons. The van der Waals surface area contributed by atoms with Crippen LogP contribution in [0, 0.1) is 5.92 Å². The van der Waals surface area contributed by atoms with E-state index in [9.17, 15) is 4.79 Å². The Morgan fingerprint density at radius 2 is 2.08 bits per heavy atom. The van der Waals surface area contributed by atoms with E-state index in [2.05, 4.69) is 32.5 Å². The number of amides is 2. The SMILES string of the molecule is CC(CNC(=O)Nc1cccnc1N1CCCCC1)Cn1cccn1. The van der Waals surface area contributed by atoms with Gasteiger partial charge in [-0.05, 0) is 43.4 Å². The Balaban J connectivity index is 1.52. The van der Waals surface area contributed by atoms with Gasteiger partial charge in [0.05, 0.1) is 5.69 Å². The zero-order valence-electron chi connectivity index (χ0n) is 14.7. The number of carbonyl (C=O) groups is 1. The van der Waals surface area contributed by atoms with Crippen LogP contribution in [0.5, 0.6) is 0 Å². The van der Waals surface area contributed by atoms with Crippen LogP contribution in [0.4, 0.5) is 16.3 Å². The van der Waals surface area contributed by atoms with Crippen molar-refractivity contribution < 1.29 is 4.79 Å². The van der Waals surface area contributed by atoms with Gasteiger partial charge in [-0.3, -0.25) is 4.68 Å². The first-order valence-electron chi connectivity index (χ1n) is 8.94. The molecule has 0 aromatic carbocycles. The summed E-state index contributed by atoms with van der Waals surface area (Å²) in [5, 5.41) is 10.1. The van der Waals surface area contributed by atoms with E-state index in [4.69, 9.17) is 0 Å². The summed E-state index contributed by atoms with van der Waals surface area (Å²) in [6, 6.07) is 5.46. The normalized spacial score (nSPS) is 15.6. The molecule has 3 heterocycles. The van der Waals surface area contributed by atoms with E-state index in [0.717, 1.165) is 31.1 Å². The topological polar surface area (TPSA) is 75.1 Å². The maximum atomic E-state index is 12.3. The van der Waals surface area contributed by atoms with E-state index < -0.39 is 0 Å². The fourth-order valence-corrected chi connectivity index (χ4v) is 3.08. The molecule has 1 fully saturated rings. The van der Waals surface area contributed by atoms with E-state index in [1.54, 1.807) is 12.4 Å². The predicted molar refractivity (Wildman–Crippen MR) is 98.7 cm³/mol. The van der Waals surface area contributed by atoms with Crippen molar-refractivity contribution in [2.24, 2.45) is 5.92 Å². The van der Waals surface area contributed by atoms with Crippen LogP contribution < -0.4 is 15.5 Å². The Bertz CT molecular complexity index is 666. The van der Waals surface area contributed by atoms with Gasteiger partial charge in [0.2, 0.25) is 0 Å². The number of aromatic nitrogens is 3. The molecule has 0 aliphatic carbocycles. The third-order valence-corrected chi connectivity index (χ3v) is 4.36. The number of carbonyl (C=O) groups excluding carboxylic acids is 1. The summed E-state index contributed by atoms with van der Waals surface area (Å²) >= 11 is 0. The van der Waals surface area contributed by atoms with Gasteiger partial charge in [0.15, 0.2) is 5.82 Å². The second-order valence-corrected chi connectivity index (χ2v) is 6.59. The molecule has 1 aliphatic heterocycles. The fourth-order valence-electron chi connectivity index (χ4n) is 3.08. The van der Waals surface area contributed by atoms with E-state index in [-0.39, 0.29) is 6.03 Å². The standard InChI is InChI=1S/C18H26N6O/c1-15(14-24-12-6-9-21-24)13-20-18(25)22-16-7-5-8-19-17(16)23-10-3-2-4-11-23/h5-9,12,15H,2-4,10-11,13-14H2,1H3,(H2,20,22,25). The molecular formula is C18H26N6O. The first-order valence-corrected chi connectivity index (χ1v) is 8.94. The van der Waals surface area contributed by atoms with Crippen LogP contribution in [0.2, 0.25) is 0 Å². The molecule has 1 atom stereocenters. The molecule has 0 saturated carbocycles. The third-order valence-electron chi connectivity index (χ3n) is 4.36. The summed E-state index contributed by atoms with van der Waals surface area (Å²) in [5.41, 5.74) is 0.765. The number of nitrogens with one attached hydrogen (secondary N) is 2. The number of hydrogen-bond acceptors (Lipinski definition) is 4. The molecule has 3 rings (SSSR count). The quantitative estimate of drug-likeness (QED) is 0.846. The van der Waals surface area contributed by atoms with Crippen LogP contribution in [-0.4, -0.2) is 40.4 Å². The largest absolute Gasteiger partial charge is 0.355 e. The lowest BCUT2D eigenvalue weighted by Crippen LogP contribution is -2.35. The highest BCUT2D eigenvalue weighted by atomic mass is 16.2. The molecule has 0 spiro atoms. The van der Waals surface area contributed by atoms with Crippen molar-refractivity contribution in [1.29, 1.82) is 0 Å². The lowest BCUT2D eigenvalue weighted by atomic mass is 10.1. The maximum Gasteiger partial charge on any atom is 0.319 e.